The maximum Gasteiger partial charge on any atom is 0.134 e. The number of nitrogens with zero attached hydrogens (tertiary/aromatic N) is 4. The van der Waals surface area contributed by atoms with Crippen molar-refractivity contribution in [2.45, 2.75) is 52.3 Å². The first kappa shape index (κ1) is 15.8. The van der Waals surface area contributed by atoms with Crippen LogP contribution in [-0.4, -0.2) is 62.9 Å². The van der Waals surface area contributed by atoms with E-state index in [0.29, 0.717) is 12.1 Å². The molecule has 0 aliphatic carbocycles. The highest BCUT2D eigenvalue weighted by atomic mass is 32.1. The minimum absolute atomic E-state index is 0.327. The van der Waals surface area contributed by atoms with E-state index in [2.05, 4.69) is 33.8 Å². The normalized spacial score (nSPS) is 24.0. The van der Waals surface area contributed by atoms with Crippen LogP contribution in [-0.2, 0) is 0 Å². The number of aryl methyl sites for hydroxylation is 1. The van der Waals surface area contributed by atoms with Gasteiger partial charge < -0.3 is 5.11 Å². The summed E-state index contributed by atoms with van der Waals surface area (Å²) in [7, 11) is 0. The van der Waals surface area contributed by atoms with Gasteiger partial charge in [0.05, 0.1) is 11.6 Å². The van der Waals surface area contributed by atoms with Gasteiger partial charge in [-0.2, -0.15) is 0 Å². The third kappa shape index (κ3) is 3.97. The van der Waals surface area contributed by atoms with Crippen LogP contribution in [0.25, 0.3) is 0 Å². The van der Waals surface area contributed by atoms with Crippen LogP contribution < -0.4 is 0 Å². The van der Waals surface area contributed by atoms with E-state index in [1.54, 1.807) is 11.3 Å². The molecule has 20 heavy (non-hydrogen) atoms. The topological polar surface area (TPSA) is 52.5 Å². The summed E-state index contributed by atoms with van der Waals surface area (Å²) in [6, 6.07) is 0.777. The lowest BCUT2D eigenvalue weighted by atomic mass is 10.1. The van der Waals surface area contributed by atoms with E-state index in [0.717, 1.165) is 36.2 Å². The van der Waals surface area contributed by atoms with Crippen LogP contribution in [0.15, 0.2) is 0 Å². The van der Waals surface area contributed by atoms with Gasteiger partial charge in [0.1, 0.15) is 10.0 Å². The first-order valence-corrected chi connectivity index (χ1v) is 8.08. The number of hydrogen-bond donors (Lipinski definition) is 1. The lowest BCUT2D eigenvalue weighted by Crippen LogP contribution is -2.55. The molecule has 1 aliphatic heterocycles. The molecule has 0 bridgehead atoms. The molecule has 1 aromatic heterocycles. The first-order valence-electron chi connectivity index (χ1n) is 7.27. The number of aliphatic hydroxyl groups is 1. The van der Waals surface area contributed by atoms with Crippen molar-refractivity contribution in [3.63, 3.8) is 0 Å². The summed E-state index contributed by atoms with van der Waals surface area (Å²) in [5.74, 6) is 0. The highest BCUT2D eigenvalue weighted by Crippen LogP contribution is 2.26. The molecule has 1 fully saturated rings. The van der Waals surface area contributed by atoms with Crippen LogP contribution in [0.5, 0.6) is 0 Å². The molecule has 2 unspecified atom stereocenters. The Balaban J connectivity index is 1.95. The Morgan fingerprint density at radius 2 is 2.10 bits per heavy atom. The fourth-order valence-electron chi connectivity index (χ4n) is 2.74. The number of piperazine rings is 1. The van der Waals surface area contributed by atoms with Gasteiger partial charge in [0, 0.05) is 32.2 Å². The van der Waals surface area contributed by atoms with E-state index in [4.69, 9.17) is 0 Å². The van der Waals surface area contributed by atoms with Crippen molar-refractivity contribution in [1.29, 1.82) is 0 Å². The predicted molar refractivity (Wildman–Crippen MR) is 82.0 cm³/mol. The number of rotatable bonds is 4. The summed E-state index contributed by atoms with van der Waals surface area (Å²) in [5.41, 5.74) is -0.627. The highest BCUT2D eigenvalue weighted by molar-refractivity contribution is 7.11. The van der Waals surface area contributed by atoms with Crippen molar-refractivity contribution < 1.29 is 5.11 Å². The molecule has 0 radical (unpaired) electrons. The van der Waals surface area contributed by atoms with Gasteiger partial charge in [-0.15, -0.1) is 21.5 Å². The molecule has 114 valence electrons. The fraction of sp³-hybridized carbons (Fsp3) is 0.857. The molecule has 0 amide bonds. The van der Waals surface area contributed by atoms with E-state index < -0.39 is 5.60 Å². The standard InChI is InChI=1S/C14H26N4OS/c1-10-8-17(6-7-18(10)9-14(4,5)19)11(2)13-16-15-12(3)20-13/h10-11,19H,6-9H2,1-5H3. The molecule has 1 N–H and O–H groups in total. The van der Waals surface area contributed by atoms with Crippen LogP contribution in [0.2, 0.25) is 0 Å². The Kier molecular flexibility index (Phi) is 4.79. The second-order valence-electron chi connectivity index (χ2n) is 6.46. The molecule has 5 nitrogen and oxygen atoms in total. The first-order chi connectivity index (χ1) is 9.26. The fourth-order valence-corrected chi connectivity index (χ4v) is 3.53. The van der Waals surface area contributed by atoms with E-state index in [9.17, 15) is 5.11 Å². The second kappa shape index (κ2) is 6.05. The van der Waals surface area contributed by atoms with Gasteiger partial charge in [0.15, 0.2) is 0 Å². The number of hydrogen-bond acceptors (Lipinski definition) is 6. The van der Waals surface area contributed by atoms with Crippen LogP contribution in [0.1, 0.15) is 43.8 Å². The predicted octanol–water partition coefficient (Wildman–Crippen LogP) is 1.68. The molecule has 2 heterocycles. The van der Waals surface area contributed by atoms with E-state index >= 15 is 0 Å². The zero-order valence-corrected chi connectivity index (χ0v) is 13.9. The third-order valence-corrected chi connectivity index (χ3v) is 4.84. The van der Waals surface area contributed by atoms with Crippen LogP contribution in [0.3, 0.4) is 0 Å². The molecule has 0 saturated carbocycles. The van der Waals surface area contributed by atoms with E-state index in [-0.39, 0.29) is 0 Å². The van der Waals surface area contributed by atoms with Gasteiger partial charge in [-0.1, -0.05) is 0 Å². The maximum absolute atomic E-state index is 9.97. The largest absolute Gasteiger partial charge is 0.389 e. The summed E-state index contributed by atoms with van der Waals surface area (Å²) in [5, 5.41) is 20.5. The molecular formula is C14H26N4OS. The molecule has 6 heteroatoms. The quantitative estimate of drug-likeness (QED) is 0.916. The molecule has 1 aliphatic rings. The third-order valence-electron chi connectivity index (χ3n) is 3.83. The number of aromatic nitrogens is 2. The van der Waals surface area contributed by atoms with Gasteiger partial charge >= 0.3 is 0 Å². The monoisotopic (exact) mass is 298 g/mol. The van der Waals surface area contributed by atoms with Crippen molar-refractivity contribution in [3.05, 3.63) is 10.0 Å². The summed E-state index contributed by atoms with van der Waals surface area (Å²) < 4.78 is 0. The van der Waals surface area contributed by atoms with Crippen molar-refractivity contribution >= 4 is 11.3 Å². The molecule has 2 rings (SSSR count). The Bertz CT molecular complexity index is 443. The van der Waals surface area contributed by atoms with Crippen molar-refractivity contribution in [2.75, 3.05) is 26.2 Å². The minimum Gasteiger partial charge on any atom is -0.389 e. The summed E-state index contributed by atoms with van der Waals surface area (Å²) >= 11 is 1.68. The van der Waals surface area contributed by atoms with Crippen molar-refractivity contribution in [3.8, 4) is 0 Å². The molecule has 1 saturated heterocycles. The van der Waals surface area contributed by atoms with Gasteiger partial charge in [0.2, 0.25) is 0 Å². The summed E-state index contributed by atoms with van der Waals surface area (Å²) in [6.45, 7) is 13.9. The second-order valence-corrected chi connectivity index (χ2v) is 7.68. The van der Waals surface area contributed by atoms with E-state index in [1.807, 2.05) is 20.8 Å². The zero-order valence-electron chi connectivity index (χ0n) is 13.1. The van der Waals surface area contributed by atoms with Crippen LogP contribution >= 0.6 is 11.3 Å². The molecular weight excluding hydrogens is 272 g/mol. The Morgan fingerprint density at radius 1 is 1.40 bits per heavy atom. The van der Waals surface area contributed by atoms with Crippen LogP contribution in [0, 0.1) is 6.92 Å². The van der Waals surface area contributed by atoms with Crippen molar-refractivity contribution in [1.82, 2.24) is 20.0 Å². The lowest BCUT2D eigenvalue weighted by Gasteiger charge is -2.43. The molecule has 0 aromatic carbocycles. The summed E-state index contributed by atoms with van der Waals surface area (Å²) in [6.07, 6.45) is 0. The average molecular weight is 298 g/mol. The number of β-amino-alcohol motifs (C(OH)–C–C–N with tert-alkyl or cyclic N) is 1. The smallest absolute Gasteiger partial charge is 0.134 e. The molecule has 0 spiro atoms. The maximum atomic E-state index is 9.97. The Morgan fingerprint density at radius 3 is 2.60 bits per heavy atom. The van der Waals surface area contributed by atoms with Crippen molar-refractivity contribution in [2.24, 2.45) is 0 Å². The van der Waals surface area contributed by atoms with E-state index in [1.165, 1.54) is 0 Å². The minimum atomic E-state index is -0.627. The zero-order chi connectivity index (χ0) is 14.9. The SMILES string of the molecule is Cc1nnc(C(C)N2CCN(CC(C)(C)O)C(C)C2)s1. The summed E-state index contributed by atoms with van der Waals surface area (Å²) in [4.78, 5) is 4.83. The van der Waals surface area contributed by atoms with Crippen LogP contribution in [0.4, 0.5) is 0 Å². The average Bonchev–Trinajstić information content (AvgIpc) is 2.76. The highest BCUT2D eigenvalue weighted by Gasteiger charge is 2.30. The van der Waals surface area contributed by atoms with Gasteiger partial charge in [0.25, 0.3) is 0 Å². The Labute approximate surface area is 125 Å². The Hall–Kier alpha value is -0.560. The molecule has 1 aromatic rings. The molecule has 2 atom stereocenters. The van der Waals surface area contributed by atoms with Gasteiger partial charge in [-0.25, -0.2) is 0 Å². The lowest BCUT2D eigenvalue weighted by molar-refractivity contribution is -0.0108. The van der Waals surface area contributed by atoms with Gasteiger partial charge in [-0.3, -0.25) is 9.80 Å². The van der Waals surface area contributed by atoms with Gasteiger partial charge in [-0.05, 0) is 34.6 Å².